The van der Waals surface area contributed by atoms with Crippen LogP contribution in [0.2, 0.25) is 0 Å². The second-order valence-electron chi connectivity index (χ2n) is 16.0. The van der Waals surface area contributed by atoms with E-state index >= 15 is 0 Å². The largest absolute Gasteiger partial charge is 0.756 e. The molecule has 0 aromatic carbocycles. The summed E-state index contributed by atoms with van der Waals surface area (Å²) in [6, 6.07) is 0. The molecule has 9 heteroatoms. The van der Waals surface area contributed by atoms with Crippen molar-refractivity contribution in [3.05, 3.63) is 36.5 Å². The van der Waals surface area contributed by atoms with Crippen LogP contribution in [0.4, 0.5) is 0 Å². The summed E-state index contributed by atoms with van der Waals surface area (Å²) in [5.41, 5.74) is 0. The van der Waals surface area contributed by atoms with E-state index in [-0.39, 0.29) is 25.8 Å². The van der Waals surface area contributed by atoms with Gasteiger partial charge >= 0.3 is 5.97 Å². The summed E-state index contributed by atoms with van der Waals surface area (Å²) in [6.07, 6.45) is 44.3. The number of ether oxygens (including phenoxy) is 2. The standard InChI is InChI=1S/C45H86NO7P/c1-6-8-10-12-14-16-18-20-22-23-24-25-26-28-30-32-34-36-38-45(47)53-44(43-52-54(48,49)51-41-39-46(3,4)5)42-50-40-37-35-33-31-29-27-21-19-17-15-13-11-9-7-2/h16-19,22-23,44H,6-15,20-21,24-43H2,1-5H3/b18-16-,19-17-,23-22-. The molecule has 0 spiro atoms. The van der Waals surface area contributed by atoms with E-state index in [0.29, 0.717) is 24.1 Å². The topological polar surface area (TPSA) is 94.1 Å². The van der Waals surface area contributed by atoms with Gasteiger partial charge in [-0.25, -0.2) is 0 Å². The molecule has 0 bridgehead atoms. The first-order chi connectivity index (χ1) is 26.1. The maximum Gasteiger partial charge on any atom is 0.306 e. The van der Waals surface area contributed by atoms with Crippen LogP contribution in [-0.4, -0.2) is 70.7 Å². The Morgan fingerprint density at radius 3 is 1.52 bits per heavy atom. The Bertz CT molecular complexity index is 962. The smallest absolute Gasteiger partial charge is 0.306 e. The zero-order valence-electron chi connectivity index (χ0n) is 35.9. The number of carbonyl (C=O) groups is 1. The minimum atomic E-state index is -4.53. The van der Waals surface area contributed by atoms with E-state index in [4.69, 9.17) is 18.5 Å². The van der Waals surface area contributed by atoms with Crippen LogP contribution in [0.1, 0.15) is 187 Å². The molecule has 0 amide bonds. The number of quaternary nitrogens is 1. The van der Waals surface area contributed by atoms with Gasteiger partial charge in [0.05, 0.1) is 34.4 Å². The van der Waals surface area contributed by atoms with Gasteiger partial charge < -0.3 is 27.9 Å². The minimum Gasteiger partial charge on any atom is -0.756 e. The molecule has 0 saturated carbocycles. The molecule has 2 unspecified atom stereocenters. The molecule has 0 aliphatic heterocycles. The van der Waals surface area contributed by atoms with E-state index in [1.807, 2.05) is 21.1 Å². The molecule has 0 fully saturated rings. The third kappa shape index (κ3) is 41.9. The zero-order chi connectivity index (χ0) is 39.9. The highest BCUT2D eigenvalue weighted by molar-refractivity contribution is 7.45. The number of phosphoric ester groups is 1. The minimum absolute atomic E-state index is 0.0231. The fraction of sp³-hybridized carbons (Fsp3) is 0.844. The molecule has 0 N–H and O–H groups in total. The molecule has 0 aliphatic rings. The van der Waals surface area contributed by atoms with Crippen LogP contribution in [0.25, 0.3) is 0 Å². The molecule has 0 rings (SSSR count). The molecule has 318 valence electrons. The lowest BCUT2D eigenvalue weighted by molar-refractivity contribution is -0.870. The maximum atomic E-state index is 12.7. The van der Waals surface area contributed by atoms with Crippen LogP contribution < -0.4 is 4.89 Å². The van der Waals surface area contributed by atoms with Gasteiger partial charge in [0.25, 0.3) is 7.82 Å². The van der Waals surface area contributed by atoms with Crippen molar-refractivity contribution < 1.29 is 37.3 Å². The Balaban J connectivity index is 4.25. The van der Waals surface area contributed by atoms with Crippen LogP contribution in [-0.2, 0) is 27.9 Å². The predicted molar refractivity (Wildman–Crippen MR) is 227 cm³/mol. The fourth-order valence-electron chi connectivity index (χ4n) is 5.92. The summed E-state index contributed by atoms with van der Waals surface area (Å²) in [5.74, 6) is -0.344. The number of allylic oxidation sites excluding steroid dienone is 6. The number of hydrogen-bond donors (Lipinski definition) is 0. The van der Waals surface area contributed by atoms with E-state index in [0.717, 1.165) is 44.9 Å². The fourth-order valence-corrected chi connectivity index (χ4v) is 6.65. The van der Waals surface area contributed by atoms with Gasteiger partial charge in [-0.15, -0.1) is 0 Å². The molecular formula is C45H86NO7P. The van der Waals surface area contributed by atoms with Gasteiger partial charge in [0, 0.05) is 13.0 Å². The summed E-state index contributed by atoms with van der Waals surface area (Å²) in [5, 5.41) is 0. The zero-order valence-corrected chi connectivity index (χ0v) is 36.8. The van der Waals surface area contributed by atoms with Crippen molar-refractivity contribution in [2.45, 2.75) is 193 Å². The number of likely N-dealkylation sites (N-methyl/N-ethyl adjacent to an activating group) is 1. The summed E-state index contributed by atoms with van der Waals surface area (Å²) in [7, 11) is 1.35. The van der Waals surface area contributed by atoms with Crippen molar-refractivity contribution in [3.63, 3.8) is 0 Å². The molecule has 0 aromatic heterocycles. The highest BCUT2D eigenvalue weighted by Crippen LogP contribution is 2.38. The third-order valence-corrected chi connectivity index (χ3v) is 10.4. The van der Waals surface area contributed by atoms with Crippen LogP contribution in [0.3, 0.4) is 0 Å². The molecule has 2 atom stereocenters. The van der Waals surface area contributed by atoms with E-state index in [2.05, 4.69) is 50.3 Å². The van der Waals surface area contributed by atoms with E-state index < -0.39 is 13.9 Å². The number of rotatable bonds is 41. The van der Waals surface area contributed by atoms with Gasteiger partial charge in [0.1, 0.15) is 19.3 Å². The van der Waals surface area contributed by atoms with Crippen molar-refractivity contribution in [3.8, 4) is 0 Å². The number of esters is 1. The third-order valence-electron chi connectivity index (χ3n) is 9.41. The summed E-state index contributed by atoms with van der Waals surface area (Å²) < 4.78 is 34.6. The normalized spacial score (nSPS) is 14.1. The second kappa shape index (κ2) is 38.6. The van der Waals surface area contributed by atoms with Crippen molar-refractivity contribution in [1.29, 1.82) is 0 Å². The monoisotopic (exact) mass is 784 g/mol. The van der Waals surface area contributed by atoms with Gasteiger partial charge in [-0.05, 0) is 70.6 Å². The van der Waals surface area contributed by atoms with Crippen molar-refractivity contribution in [2.24, 2.45) is 0 Å². The van der Waals surface area contributed by atoms with Crippen LogP contribution in [0.15, 0.2) is 36.5 Å². The summed E-state index contributed by atoms with van der Waals surface area (Å²) >= 11 is 0. The van der Waals surface area contributed by atoms with Crippen LogP contribution in [0.5, 0.6) is 0 Å². The Morgan fingerprint density at radius 2 is 1.02 bits per heavy atom. The molecule has 0 radical (unpaired) electrons. The lowest BCUT2D eigenvalue weighted by Crippen LogP contribution is -2.37. The summed E-state index contributed by atoms with van der Waals surface area (Å²) in [4.78, 5) is 25.0. The molecule has 0 heterocycles. The number of hydrogen-bond acceptors (Lipinski definition) is 7. The highest BCUT2D eigenvalue weighted by Gasteiger charge is 2.20. The van der Waals surface area contributed by atoms with E-state index in [1.54, 1.807) is 0 Å². The van der Waals surface area contributed by atoms with Gasteiger partial charge in [0.15, 0.2) is 0 Å². The molecule has 54 heavy (non-hydrogen) atoms. The first kappa shape index (κ1) is 52.7. The van der Waals surface area contributed by atoms with Crippen molar-refractivity contribution >= 4 is 13.8 Å². The van der Waals surface area contributed by atoms with Gasteiger partial charge in [0.2, 0.25) is 0 Å². The van der Waals surface area contributed by atoms with Gasteiger partial charge in [-0.2, -0.15) is 0 Å². The molecule has 0 aliphatic carbocycles. The van der Waals surface area contributed by atoms with Crippen molar-refractivity contribution in [1.82, 2.24) is 0 Å². The number of carbonyl (C=O) groups excluding carboxylic acids is 1. The average molecular weight is 784 g/mol. The Labute approximate surface area is 334 Å². The van der Waals surface area contributed by atoms with E-state index in [1.165, 1.54) is 122 Å². The molecule has 8 nitrogen and oxygen atoms in total. The van der Waals surface area contributed by atoms with Crippen molar-refractivity contribution in [2.75, 3.05) is 54.1 Å². The number of phosphoric acid groups is 1. The first-order valence-corrected chi connectivity index (χ1v) is 23.7. The lowest BCUT2D eigenvalue weighted by atomic mass is 10.1. The Hall–Kier alpha value is -1.28. The van der Waals surface area contributed by atoms with Gasteiger partial charge in [-0.3, -0.25) is 9.36 Å². The number of unbranched alkanes of at least 4 members (excludes halogenated alkanes) is 21. The predicted octanol–water partition coefficient (Wildman–Crippen LogP) is 12.4. The SMILES string of the molecule is CCCCCC/C=C\C/C=C\CCCCCCCCCC(=O)OC(COCCCCCCCC/C=C\CCCCCC)COP(=O)([O-])OCC[N+](C)(C)C. The average Bonchev–Trinajstić information content (AvgIpc) is 3.12. The van der Waals surface area contributed by atoms with E-state index in [9.17, 15) is 14.3 Å². The Kier molecular flexibility index (Phi) is 37.7. The molecule has 0 saturated heterocycles. The molecule has 0 aromatic rings. The Morgan fingerprint density at radius 1 is 0.574 bits per heavy atom. The highest BCUT2D eigenvalue weighted by atomic mass is 31.2. The lowest BCUT2D eigenvalue weighted by Gasteiger charge is -2.28. The number of nitrogens with zero attached hydrogens (tertiary/aromatic N) is 1. The van der Waals surface area contributed by atoms with Gasteiger partial charge in [-0.1, -0.05) is 147 Å². The first-order valence-electron chi connectivity index (χ1n) is 22.2. The van der Waals surface area contributed by atoms with Crippen LogP contribution in [0, 0.1) is 0 Å². The second-order valence-corrected chi connectivity index (χ2v) is 17.5. The maximum absolute atomic E-state index is 12.7. The van der Waals surface area contributed by atoms with Crippen LogP contribution >= 0.6 is 7.82 Å². The quantitative estimate of drug-likeness (QED) is 0.0200. The summed E-state index contributed by atoms with van der Waals surface area (Å²) in [6.45, 7) is 5.36. The molecular weight excluding hydrogens is 697 g/mol.